The average molecular weight is 215 g/mol. The van der Waals surface area contributed by atoms with Gasteiger partial charge in [-0.2, -0.15) is 11.8 Å². The topological polar surface area (TPSA) is 21.3 Å². The van der Waals surface area contributed by atoms with E-state index in [-0.39, 0.29) is 0 Å². The molecule has 0 aliphatic carbocycles. The molecule has 2 aliphatic heterocycles. The molecule has 82 valence electrons. The quantitative estimate of drug-likeness (QED) is 0.778. The number of thioether (sulfide) groups is 1. The molecule has 1 unspecified atom stereocenters. The molecule has 1 atom stereocenters. The van der Waals surface area contributed by atoms with E-state index in [4.69, 9.17) is 4.74 Å². The number of piperidine rings is 1. The predicted molar refractivity (Wildman–Crippen MR) is 61.9 cm³/mol. The molecule has 0 aromatic heterocycles. The highest BCUT2D eigenvalue weighted by Gasteiger charge is 2.17. The van der Waals surface area contributed by atoms with Gasteiger partial charge in [0.1, 0.15) is 0 Å². The normalized spacial score (nSPS) is 30.4. The third-order valence-electron chi connectivity index (χ3n) is 3.11. The summed E-state index contributed by atoms with van der Waals surface area (Å²) in [7, 11) is 0. The Morgan fingerprint density at radius 2 is 2.00 bits per heavy atom. The summed E-state index contributed by atoms with van der Waals surface area (Å²) in [6.07, 6.45) is 6.70. The maximum Gasteiger partial charge on any atom is 0.0476 e. The third-order valence-corrected chi connectivity index (χ3v) is 4.65. The zero-order chi connectivity index (χ0) is 9.64. The van der Waals surface area contributed by atoms with Crippen molar-refractivity contribution in [1.29, 1.82) is 0 Å². The maximum absolute atomic E-state index is 5.36. The van der Waals surface area contributed by atoms with Gasteiger partial charge < -0.3 is 10.1 Å². The van der Waals surface area contributed by atoms with E-state index < -0.39 is 0 Å². The molecule has 2 fully saturated rings. The summed E-state index contributed by atoms with van der Waals surface area (Å²) in [5.41, 5.74) is 0. The van der Waals surface area contributed by atoms with E-state index in [9.17, 15) is 0 Å². The van der Waals surface area contributed by atoms with Gasteiger partial charge in [0.15, 0.2) is 0 Å². The molecule has 2 heterocycles. The Bertz CT molecular complexity index is 135. The van der Waals surface area contributed by atoms with Gasteiger partial charge >= 0.3 is 0 Å². The molecule has 0 saturated carbocycles. The van der Waals surface area contributed by atoms with Crippen LogP contribution in [0.15, 0.2) is 0 Å². The van der Waals surface area contributed by atoms with Gasteiger partial charge in [-0.15, -0.1) is 0 Å². The molecule has 0 bridgehead atoms. The Hall–Kier alpha value is 0.270. The van der Waals surface area contributed by atoms with Gasteiger partial charge in [-0.3, -0.25) is 0 Å². The minimum absolute atomic E-state index is 0.789. The largest absolute Gasteiger partial charge is 0.381 e. The Kier molecular flexibility index (Phi) is 4.61. The number of rotatable bonds is 3. The second-order valence-electron chi connectivity index (χ2n) is 4.29. The van der Waals surface area contributed by atoms with E-state index in [1.807, 2.05) is 0 Å². The standard InChI is InChI=1S/C11H21NOS/c1-2-6-12-10(3-1)9-14-11-4-7-13-8-5-11/h10-12H,1-9H2. The number of nitrogens with one attached hydrogen (secondary N) is 1. The van der Waals surface area contributed by atoms with Gasteiger partial charge in [0, 0.05) is 30.3 Å². The van der Waals surface area contributed by atoms with Crippen LogP contribution in [-0.2, 0) is 4.74 Å². The molecule has 2 aliphatic rings. The molecule has 2 nitrogen and oxygen atoms in total. The fraction of sp³-hybridized carbons (Fsp3) is 1.00. The lowest BCUT2D eigenvalue weighted by Gasteiger charge is -2.27. The van der Waals surface area contributed by atoms with Crippen LogP contribution in [-0.4, -0.2) is 36.8 Å². The first-order chi connectivity index (χ1) is 6.95. The van der Waals surface area contributed by atoms with Crippen LogP contribution in [0.3, 0.4) is 0 Å². The number of ether oxygens (including phenoxy) is 1. The minimum Gasteiger partial charge on any atom is -0.381 e. The Balaban J connectivity index is 1.60. The van der Waals surface area contributed by atoms with Crippen LogP contribution in [0.4, 0.5) is 0 Å². The van der Waals surface area contributed by atoms with E-state index in [0.717, 1.165) is 24.5 Å². The van der Waals surface area contributed by atoms with Gasteiger partial charge in [0.25, 0.3) is 0 Å². The lowest BCUT2D eigenvalue weighted by molar-refractivity contribution is 0.1000. The molecular formula is C11H21NOS. The first kappa shape index (κ1) is 10.8. The van der Waals surface area contributed by atoms with Crippen molar-refractivity contribution in [2.45, 2.75) is 43.4 Å². The van der Waals surface area contributed by atoms with Crippen LogP contribution in [0.5, 0.6) is 0 Å². The molecule has 0 aromatic carbocycles. The van der Waals surface area contributed by atoms with Crippen LogP contribution in [0.2, 0.25) is 0 Å². The summed E-state index contributed by atoms with van der Waals surface area (Å²) in [6.45, 7) is 3.20. The van der Waals surface area contributed by atoms with Gasteiger partial charge in [-0.1, -0.05) is 6.42 Å². The van der Waals surface area contributed by atoms with Gasteiger partial charge in [0.05, 0.1) is 0 Å². The van der Waals surface area contributed by atoms with Crippen molar-refractivity contribution in [3.05, 3.63) is 0 Å². The summed E-state index contributed by atoms with van der Waals surface area (Å²) < 4.78 is 5.36. The monoisotopic (exact) mass is 215 g/mol. The number of hydrogen-bond acceptors (Lipinski definition) is 3. The molecular weight excluding hydrogens is 194 g/mol. The highest BCUT2D eigenvalue weighted by atomic mass is 32.2. The highest BCUT2D eigenvalue weighted by molar-refractivity contribution is 7.99. The summed E-state index contributed by atoms with van der Waals surface area (Å²) in [6, 6.07) is 0.789. The zero-order valence-electron chi connectivity index (χ0n) is 8.84. The van der Waals surface area contributed by atoms with Crippen molar-refractivity contribution in [3.63, 3.8) is 0 Å². The van der Waals surface area contributed by atoms with Crippen LogP contribution < -0.4 is 5.32 Å². The molecule has 1 N–H and O–H groups in total. The van der Waals surface area contributed by atoms with E-state index in [0.29, 0.717) is 0 Å². The Labute approximate surface area is 91.2 Å². The average Bonchev–Trinajstić information content (AvgIpc) is 2.29. The lowest BCUT2D eigenvalue weighted by atomic mass is 10.1. The molecule has 0 spiro atoms. The Morgan fingerprint density at radius 3 is 2.71 bits per heavy atom. The van der Waals surface area contributed by atoms with Gasteiger partial charge in [0.2, 0.25) is 0 Å². The maximum atomic E-state index is 5.36. The van der Waals surface area contributed by atoms with Gasteiger partial charge in [-0.05, 0) is 32.2 Å². The summed E-state index contributed by atoms with van der Waals surface area (Å²) in [5.74, 6) is 1.31. The molecule has 0 aromatic rings. The van der Waals surface area contributed by atoms with Gasteiger partial charge in [-0.25, -0.2) is 0 Å². The molecule has 2 rings (SSSR count). The van der Waals surface area contributed by atoms with Crippen molar-refractivity contribution in [2.75, 3.05) is 25.5 Å². The predicted octanol–water partition coefficient (Wildman–Crippen LogP) is 2.04. The van der Waals surface area contributed by atoms with E-state index >= 15 is 0 Å². The SMILES string of the molecule is C1CCC(CSC2CCOCC2)NC1. The second-order valence-corrected chi connectivity index (χ2v) is 5.63. The van der Waals surface area contributed by atoms with Crippen molar-refractivity contribution in [3.8, 4) is 0 Å². The second kappa shape index (κ2) is 5.99. The summed E-state index contributed by atoms with van der Waals surface area (Å²) in [5, 5.41) is 4.47. The van der Waals surface area contributed by atoms with E-state index in [2.05, 4.69) is 17.1 Å². The van der Waals surface area contributed by atoms with Crippen LogP contribution >= 0.6 is 11.8 Å². The Morgan fingerprint density at radius 1 is 1.14 bits per heavy atom. The molecule has 2 saturated heterocycles. The van der Waals surface area contributed by atoms with Crippen LogP contribution in [0.25, 0.3) is 0 Å². The smallest absolute Gasteiger partial charge is 0.0476 e. The fourth-order valence-electron chi connectivity index (χ4n) is 2.16. The van der Waals surface area contributed by atoms with Crippen molar-refractivity contribution < 1.29 is 4.74 Å². The van der Waals surface area contributed by atoms with Crippen LogP contribution in [0.1, 0.15) is 32.1 Å². The minimum atomic E-state index is 0.789. The van der Waals surface area contributed by atoms with E-state index in [1.54, 1.807) is 0 Å². The molecule has 0 amide bonds. The highest BCUT2D eigenvalue weighted by Crippen LogP contribution is 2.24. The lowest BCUT2D eigenvalue weighted by Crippen LogP contribution is -2.36. The van der Waals surface area contributed by atoms with Crippen molar-refractivity contribution in [1.82, 2.24) is 5.32 Å². The summed E-state index contributed by atoms with van der Waals surface area (Å²) in [4.78, 5) is 0. The van der Waals surface area contributed by atoms with Crippen molar-refractivity contribution in [2.24, 2.45) is 0 Å². The molecule has 14 heavy (non-hydrogen) atoms. The first-order valence-corrected chi connectivity index (χ1v) is 6.93. The zero-order valence-corrected chi connectivity index (χ0v) is 9.65. The van der Waals surface area contributed by atoms with E-state index in [1.165, 1.54) is 44.4 Å². The molecule has 0 radical (unpaired) electrons. The first-order valence-electron chi connectivity index (χ1n) is 5.88. The molecule has 3 heteroatoms. The number of hydrogen-bond donors (Lipinski definition) is 1. The summed E-state index contributed by atoms with van der Waals surface area (Å²) >= 11 is 2.16. The van der Waals surface area contributed by atoms with Crippen LogP contribution in [0, 0.1) is 0 Å². The van der Waals surface area contributed by atoms with Crippen molar-refractivity contribution >= 4 is 11.8 Å². The third kappa shape index (κ3) is 3.44. The fourth-order valence-corrected chi connectivity index (χ4v) is 3.48.